The highest BCUT2D eigenvalue weighted by atomic mass is 16.5. The molecule has 0 aliphatic rings. The molecule has 4 heteroatoms. The summed E-state index contributed by atoms with van der Waals surface area (Å²) in [5, 5.41) is 3.29. The van der Waals surface area contributed by atoms with Gasteiger partial charge < -0.3 is 13.7 Å². The van der Waals surface area contributed by atoms with Crippen LogP contribution in [0.25, 0.3) is 32.8 Å². The van der Waals surface area contributed by atoms with Crippen LogP contribution in [0.2, 0.25) is 0 Å². The van der Waals surface area contributed by atoms with Crippen molar-refractivity contribution in [3.8, 4) is 11.6 Å². The highest BCUT2D eigenvalue weighted by molar-refractivity contribution is 6.05. The number of nitrogens with zero attached hydrogens (tertiary/aromatic N) is 2. The molecule has 6 rings (SSSR count). The predicted molar refractivity (Wildman–Crippen MR) is 138 cm³/mol. The smallest absolute Gasteiger partial charge is 0.244 e. The lowest BCUT2D eigenvalue weighted by molar-refractivity contribution is 0.466. The van der Waals surface area contributed by atoms with Crippen molar-refractivity contribution in [3.63, 3.8) is 0 Å². The zero-order valence-electron chi connectivity index (χ0n) is 19.8. The van der Waals surface area contributed by atoms with Gasteiger partial charge >= 0.3 is 0 Å². The molecule has 0 aliphatic heterocycles. The van der Waals surface area contributed by atoms with Crippen LogP contribution in [0.1, 0.15) is 27.9 Å². The van der Waals surface area contributed by atoms with Gasteiger partial charge in [0.15, 0.2) is 0 Å². The minimum atomic E-state index is 0.617. The Kier molecular flexibility index (Phi) is 4.70. The van der Waals surface area contributed by atoms with Crippen LogP contribution in [-0.4, -0.2) is 9.55 Å². The van der Waals surface area contributed by atoms with E-state index >= 15 is 0 Å². The second-order valence-electron chi connectivity index (χ2n) is 9.10. The quantitative estimate of drug-likeness (QED) is 0.275. The second-order valence-corrected chi connectivity index (χ2v) is 9.10. The number of pyridine rings is 1. The Labute approximate surface area is 198 Å². The molecule has 0 saturated carbocycles. The monoisotopic (exact) mass is 446 g/mol. The molecule has 0 unspecified atom stereocenters. The van der Waals surface area contributed by atoms with E-state index in [4.69, 9.17) is 9.15 Å². The lowest BCUT2D eigenvalue weighted by Gasteiger charge is -2.14. The first-order chi connectivity index (χ1) is 16.5. The molecule has 3 aromatic carbocycles. The molecule has 34 heavy (non-hydrogen) atoms. The molecule has 0 atom stereocenters. The van der Waals surface area contributed by atoms with Gasteiger partial charge in [0.25, 0.3) is 0 Å². The zero-order chi connectivity index (χ0) is 23.4. The summed E-state index contributed by atoms with van der Waals surface area (Å²) < 4.78 is 14.8. The molecule has 0 N–H and O–H groups in total. The maximum Gasteiger partial charge on any atom is 0.244 e. The van der Waals surface area contributed by atoms with Gasteiger partial charge in [0, 0.05) is 34.6 Å². The normalized spacial score (nSPS) is 11.6. The molecule has 0 amide bonds. The summed E-state index contributed by atoms with van der Waals surface area (Å²) in [6.07, 6.45) is 1.83. The van der Waals surface area contributed by atoms with Crippen LogP contribution in [0.3, 0.4) is 0 Å². The van der Waals surface area contributed by atoms with Gasteiger partial charge in [-0.05, 0) is 74.7 Å². The van der Waals surface area contributed by atoms with E-state index in [1.807, 2.05) is 42.6 Å². The van der Waals surface area contributed by atoms with Crippen molar-refractivity contribution >= 4 is 32.8 Å². The number of aryl methyl sites for hydroxylation is 3. The van der Waals surface area contributed by atoms with Gasteiger partial charge in [0.2, 0.25) is 5.88 Å². The molecule has 0 fully saturated rings. The Hall–Kier alpha value is -4.05. The molecule has 6 aromatic rings. The van der Waals surface area contributed by atoms with Gasteiger partial charge in [0.1, 0.15) is 22.4 Å². The fraction of sp³-hybridized carbons (Fsp3) is 0.167. The molecule has 3 aromatic heterocycles. The van der Waals surface area contributed by atoms with Crippen LogP contribution in [0, 0.1) is 27.7 Å². The van der Waals surface area contributed by atoms with Gasteiger partial charge in [0.05, 0.1) is 0 Å². The van der Waals surface area contributed by atoms with Crippen LogP contribution in [0.15, 0.2) is 77.3 Å². The van der Waals surface area contributed by atoms with E-state index in [-0.39, 0.29) is 0 Å². The summed E-state index contributed by atoms with van der Waals surface area (Å²) in [5.41, 5.74) is 9.09. The van der Waals surface area contributed by atoms with Gasteiger partial charge in [-0.1, -0.05) is 42.0 Å². The highest BCUT2D eigenvalue weighted by Crippen LogP contribution is 2.36. The minimum Gasteiger partial charge on any atom is -0.456 e. The van der Waals surface area contributed by atoms with E-state index in [2.05, 4.69) is 67.6 Å². The lowest BCUT2D eigenvalue weighted by Crippen LogP contribution is -2.05. The highest BCUT2D eigenvalue weighted by Gasteiger charge is 2.18. The number of furan rings is 1. The Balaban J connectivity index is 1.48. The molecule has 3 heterocycles. The van der Waals surface area contributed by atoms with Crippen molar-refractivity contribution in [2.45, 2.75) is 34.2 Å². The summed E-state index contributed by atoms with van der Waals surface area (Å²) in [7, 11) is 0. The second kappa shape index (κ2) is 7.77. The number of hydrogen-bond acceptors (Lipinski definition) is 3. The number of rotatable bonds is 4. The Morgan fingerprint density at radius 2 is 1.65 bits per heavy atom. The standard InChI is InChI=1S/C30H26N2O2/c1-18-9-10-19(2)22(15-18)17-32-21(4)20(3)24-13-14-31-30(29(24)32)33-23-11-12-28-26(16-23)25-7-5-6-8-27(25)34-28/h5-16H,17H2,1-4H3. The summed E-state index contributed by atoms with van der Waals surface area (Å²) >= 11 is 0. The SMILES string of the molecule is Cc1ccc(C)c(Cn2c(C)c(C)c3ccnc(Oc4ccc5oc6ccccc6c5c4)c32)c1. The van der Waals surface area contributed by atoms with Crippen LogP contribution >= 0.6 is 0 Å². The Bertz CT molecular complexity index is 1700. The first-order valence-corrected chi connectivity index (χ1v) is 11.6. The average molecular weight is 447 g/mol. The molecule has 168 valence electrons. The van der Waals surface area contributed by atoms with E-state index < -0.39 is 0 Å². The van der Waals surface area contributed by atoms with Gasteiger partial charge in [-0.25, -0.2) is 4.98 Å². The topological polar surface area (TPSA) is 40.2 Å². The first kappa shape index (κ1) is 20.5. The fourth-order valence-electron chi connectivity index (χ4n) is 4.86. The summed E-state index contributed by atoms with van der Waals surface area (Å²) in [6, 6.07) is 22.7. The van der Waals surface area contributed by atoms with Crippen molar-refractivity contribution in [3.05, 3.63) is 101 Å². The number of aromatic nitrogens is 2. The molecule has 0 radical (unpaired) electrons. The molecule has 0 spiro atoms. The van der Waals surface area contributed by atoms with E-state index in [1.54, 1.807) is 0 Å². The number of para-hydroxylation sites is 1. The number of ether oxygens (including phenoxy) is 1. The minimum absolute atomic E-state index is 0.617. The number of hydrogen-bond donors (Lipinski definition) is 0. The first-order valence-electron chi connectivity index (χ1n) is 11.6. The average Bonchev–Trinajstić information content (AvgIpc) is 3.32. The largest absolute Gasteiger partial charge is 0.456 e. The van der Waals surface area contributed by atoms with Crippen molar-refractivity contribution < 1.29 is 9.15 Å². The number of fused-ring (bicyclic) bond motifs is 4. The Morgan fingerprint density at radius 3 is 2.53 bits per heavy atom. The predicted octanol–water partition coefficient (Wildman–Crippen LogP) is 8.01. The third kappa shape index (κ3) is 3.26. The van der Waals surface area contributed by atoms with E-state index in [0.717, 1.165) is 39.7 Å². The summed E-state index contributed by atoms with van der Waals surface area (Å²) in [5.74, 6) is 1.36. The van der Waals surface area contributed by atoms with Crippen LogP contribution in [0.5, 0.6) is 11.6 Å². The summed E-state index contributed by atoms with van der Waals surface area (Å²) in [6.45, 7) is 9.43. The molecule has 0 aliphatic carbocycles. The molecule has 4 nitrogen and oxygen atoms in total. The third-order valence-electron chi connectivity index (χ3n) is 6.91. The van der Waals surface area contributed by atoms with Gasteiger partial charge in [-0.3, -0.25) is 0 Å². The lowest BCUT2D eigenvalue weighted by atomic mass is 10.1. The fourth-order valence-corrected chi connectivity index (χ4v) is 4.86. The maximum absolute atomic E-state index is 6.45. The van der Waals surface area contributed by atoms with Gasteiger partial charge in [-0.2, -0.15) is 0 Å². The molecule has 0 bridgehead atoms. The van der Waals surface area contributed by atoms with Crippen LogP contribution in [-0.2, 0) is 6.54 Å². The third-order valence-corrected chi connectivity index (χ3v) is 6.91. The van der Waals surface area contributed by atoms with Crippen molar-refractivity contribution in [1.82, 2.24) is 9.55 Å². The Morgan fingerprint density at radius 1 is 0.824 bits per heavy atom. The molecule has 0 saturated heterocycles. The van der Waals surface area contributed by atoms with Gasteiger partial charge in [-0.15, -0.1) is 0 Å². The van der Waals surface area contributed by atoms with Crippen LogP contribution in [0.4, 0.5) is 0 Å². The van der Waals surface area contributed by atoms with Crippen molar-refractivity contribution in [1.29, 1.82) is 0 Å². The maximum atomic E-state index is 6.45. The summed E-state index contributed by atoms with van der Waals surface area (Å²) in [4.78, 5) is 4.66. The van der Waals surface area contributed by atoms with Crippen molar-refractivity contribution in [2.24, 2.45) is 0 Å². The molecular formula is C30H26N2O2. The van der Waals surface area contributed by atoms with E-state index in [0.29, 0.717) is 5.88 Å². The van der Waals surface area contributed by atoms with E-state index in [1.165, 1.54) is 33.3 Å². The van der Waals surface area contributed by atoms with Crippen LogP contribution < -0.4 is 4.74 Å². The zero-order valence-corrected chi connectivity index (χ0v) is 19.8. The number of benzene rings is 3. The van der Waals surface area contributed by atoms with E-state index in [9.17, 15) is 0 Å². The molecular weight excluding hydrogens is 420 g/mol. The van der Waals surface area contributed by atoms with Crippen molar-refractivity contribution in [2.75, 3.05) is 0 Å².